The maximum atomic E-state index is 9.84. The van der Waals surface area contributed by atoms with E-state index in [9.17, 15) is 5.11 Å². The molecule has 1 saturated carbocycles. The molecule has 1 heterocycles. The second kappa shape index (κ2) is 11.9. The van der Waals surface area contributed by atoms with E-state index in [2.05, 4.69) is 67.2 Å². The van der Waals surface area contributed by atoms with E-state index in [1.165, 1.54) is 36.9 Å². The summed E-state index contributed by atoms with van der Waals surface area (Å²) in [6.45, 7) is 16.8. The Labute approximate surface area is 197 Å². The lowest BCUT2D eigenvalue weighted by Gasteiger charge is -2.24. The average Bonchev–Trinajstić information content (AvgIpc) is 3.24. The standard InChI is InChI=1S/C28H39N2OP/c1-6-16-29-19-26-25(27(26)20-29)15-12-23-10-13-24(14-11-23)28(32-5)9-8-18-30(17-7-2)21(3)22(4)31/h7,9-11,13-14,17,22,25-27,31-32H,3,6,8,16,18-20H2,1-2,4-5H3/b17-7-,28-9-/t22-,25?,26?,27?/m0/s1. The molecule has 0 radical (unpaired) electrons. The summed E-state index contributed by atoms with van der Waals surface area (Å²) in [5.74, 6) is 9.23. The molecule has 32 heavy (non-hydrogen) atoms. The van der Waals surface area contributed by atoms with E-state index in [1.807, 2.05) is 24.1 Å². The average molecular weight is 451 g/mol. The summed E-state index contributed by atoms with van der Waals surface area (Å²) in [7, 11) is 0.734. The summed E-state index contributed by atoms with van der Waals surface area (Å²) in [5.41, 5.74) is 3.13. The molecule has 3 nitrogen and oxygen atoms in total. The van der Waals surface area contributed by atoms with Gasteiger partial charge in [-0.25, -0.2) is 0 Å². The van der Waals surface area contributed by atoms with Crippen LogP contribution in [0, 0.1) is 29.6 Å². The Morgan fingerprint density at radius 2 is 2.00 bits per heavy atom. The zero-order valence-corrected chi connectivity index (χ0v) is 21.1. The van der Waals surface area contributed by atoms with Gasteiger partial charge in [0.05, 0.1) is 6.10 Å². The molecule has 0 amide bonds. The number of fused-ring (bicyclic) bond motifs is 1. The number of aliphatic hydroxyl groups is 1. The number of hydrogen-bond donors (Lipinski definition) is 1. The summed E-state index contributed by atoms with van der Waals surface area (Å²) < 4.78 is 0. The lowest BCUT2D eigenvalue weighted by atomic mass is 10.1. The largest absolute Gasteiger partial charge is 0.387 e. The van der Waals surface area contributed by atoms with Gasteiger partial charge in [-0.1, -0.05) is 58.2 Å². The molecule has 2 aliphatic rings. The van der Waals surface area contributed by atoms with Crippen LogP contribution in [0.25, 0.3) is 5.31 Å². The van der Waals surface area contributed by atoms with Gasteiger partial charge in [-0.3, -0.25) is 0 Å². The van der Waals surface area contributed by atoms with Crippen molar-refractivity contribution in [3.63, 3.8) is 0 Å². The molecular formula is C28H39N2OP. The van der Waals surface area contributed by atoms with Gasteiger partial charge >= 0.3 is 0 Å². The molecular weight excluding hydrogens is 411 g/mol. The zero-order valence-electron chi connectivity index (χ0n) is 20.1. The zero-order chi connectivity index (χ0) is 23.1. The first-order valence-electron chi connectivity index (χ1n) is 12.0. The first kappa shape index (κ1) is 24.8. The molecule has 1 aromatic carbocycles. The second-order valence-corrected chi connectivity index (χ2v) is 10.00. The van der Waals surface area contributed by atoms with Crippen molar-refractivity contribution in [2.45, 2.75) is 39.7 Å². The number of allylic oxidation sites excluding steroid dienone is 1. The summed E-state index contributed by atoms with van der Waals surface area (Å²) >= 11 is 0. The molecule has 3 unspecified atom stereocenters. The third-order valence-corrected chi connectivity index (χ3v) is 7.59. The minimum Gasteiger partial charge on any atom is -0.387 e. The van der Waals surface area contributed by atoms with Crippen LogP contribution in [0.15, 0.2) is 54.9 Å². The highest BCUT2D eigenvalue weighted by molar-refractivity contribution is 7.49. The van der Waals surface area contributed by atoms with Crippen molar-refractivity contribution < 1.29 is 5.11 Å². The molecule has 1 aliphatic heterocycles. The van der Waals surface area contributed by atoms with E-state index in [0.717, 1.165) is 44.6 Å². The molecule has 1 aliphatic carbocycles. The fourth-order valence-electron chi connectivity index (χ4n) is 4.67. The van der Waals surface area contributed by atoms with Gasteiger partial charge in [0, 0.05) is 36.8 Å². The van der Waals surface area contributed by atoms with Crippen molar-refractivity contribution in [2.24, 2.45) is 17.8 Å². The number of likely N-dealkylation sites (tertiary alicyclic amines) is 1. The molecule has 0 aromatic heterocycles. The Hall–Kier alpha value is -1.85. The molecule has 0 bridgehead atoms. The van der Waals surface area contributed by atoms with E-state index in [1.54, 1.807) is 6.92 Å². The molecule has 1 N–H and O–H groups in total. The van der Waals surface area contributed by atoms with Crippen molar-refractivity contribution in [1.82, 2.24) is 9.80 Å². The van der Waals surface area contributed by atoms with E-state index >= 15 is 0 Å². The maximum Gasteiger partial charge on any atom is 0.0905 e. The monoisotopic (exact) mass is 450 g/mol. The van der Waals surface area contributed by atoms with E-state index in [0.29, 0.717) is 5.92 Å². The van der Waals surface area contributed by atoms with Crippen LogP contribution in [0.4, 0.5) is 0 Å². The number of benzene rings is 1. The Balaban J connectivity index is 1.55. The lowest BCUT2D eigenvalue weighted by Crippen LogP contribution is -2.24. The van der Waals surface area contributed by atoms with Crippen LogP contribution in [0.2, 0.25) is 0 Å². The highest BCUT2D eigenvalue weighted by Gasteiger charge is 2.54. The molecule has 0 spiro atoms. The smallest absolute Gasteiger partial charge is 0.0905 e. The minimum absolute atomic E-state index is 0.540. The van der Waals surface area contributed by atoms with Crippen molar-refractivity contribution >= 4 is 13.9 Å². The van der Waals surface area contributed by atoms with E-state index < -0.39 is 6.10 Å². The normalized spacial score (nSPS) is 23.9. The van der Waals surface area contributed by atoms with Crippen LogP contribution in [-0.2, 0) is 0 Å². The fraction of sp³-hybridized carbons (Fsp3) is 0.500. The summed E-state index contributed by atoms with van der Waals surface area (Å²) in [6, 6.07) is 8.75. The van der Waals surface area contributed by atoms with Gasteiger partial charge in [0.2, 0.25) is 0 Å². The van der Waals surface area contributed by atoms with Crippen LogP contribution < -0.4 is 0 Å². The first-order chi connectivity index (χ1) is 15.5. The number of aliphatic hydroxyl groups excluding tert-OH is 1. The molecule has 2 fully saturated rings. The predicted molar refractivity (Wildman–Crippen MR) is 140 cm³/mol. The highest BCUT2D eigenvalue weighted by atomic mass is 31.1. The van der Waals surface area contributed by atoms with Gasteiger partial charge in [-0.15, -0.1) is 0 Å². The number of nitrogens with zero attached hydrogens (tertiary/aromatic N) is 2. The molecule has 1 saturated heterocycles. The van der Waals surface area contributed by atoms with Crippen molar-refractivity contribution in [1.29, 1.82) is 0 Å². The molecule has 4 heteroatoms. The van der Waals surface area contributed by atoms with Crippen LogP contribution in [-0.4, -0.2) is 53.9 Å². The topological polar surface area (TPSA) is 26.7 Å². The van der Waals surface area contributed by atoms with Crippen molar-refractivity contribution in [3.05, 3.63) is 66.0 Å². The van der Waals surface area contributed by atoms with Gasteiger partial charge in [-0.2, -0.15) is 0 Å². The SMILES string of the molecule is C=C([C@H](C)O)N(/C=C\C)CC/C=C(\PC)c1ccc(C#CC2C3CN(CCC)CC23)cc1. The van der Waals surface area contributed by atoms with Gasteiger partial charge in [-0.05, 0) is 80.9 Å². The van der Waals surface area contributed by atoms with Crippen LogP contribution >= 0.6 is 8.58 Å². The van der Waals surface area contributed by atoms with E-state index in [-0.39, 0.29) is 0 Å². The summed E-state index contributed by atoms with van der Waals surface area (Å²) in [6.07, 6.45) is 7.91. The molecule has 1 aromatic rings. The number of rotatable bonds is 10. The maximum absolute atomic E-state index is 9.84. The van der Waals surface area contributed by atoms with Crippen molar-refractivity contribution in [2.75, 3.05) is 32.8 Å². The third-order valence-electron chi connectivity index (χ3n) is 6.56. The Kier molecular flexibility index (Phi) is 9.18. The van der Waals surface area contributed by atoms with Crippen molar-refractivity contribution in [3.8, 4) is 11.8 Å². The fourth-order valence-corrected chi connectivity index (χ4v) is 5.48. The van der Waals surface area contributed by atoms with Crippen LogP contribution in [0.1, 0.15) is 44.7 Å². The van der Waals surface area contributed by atoms with Gasteiger partial charge < -0.3 is 14.9 Å². The lowest BCUT2D eigenvalue weighted by molar-refractivity contribution is 0.197. The molecule has 4 atom stereocenters. The summed E-state index contributed by atoms with van der Waals surface area (Å²) in [4.78, 5) is 4.63. The van der Waals surface area contributed by atoms with Crippen LogP contribution in [0.5, 0.6) is 0 Å². The Morgan fingerprint density at radius 1 is 1.31 bits per heavy atom. The highest BCUT2D eigenvalue weighted by Crippen LogP contribution is 2.51. The molecule has 172 valence electrons. The van der Waals surface area contributed by atoms with Gasteiger partial charge in [0.15, 0.2) is 0 Å². The third kappa shape index (κ3) is 6.35. The Bertz CT molecular complexity index is 878. The minimum atomic E-state index is -0.540. The first-order valence-corrected chi connectivity index (χ1v) is 13.5. The number of hydrogen-bond acceptors (Lipinski definition) is 3. The van der Waals surface area contributed by atoms with Gasteiger partial charge in [0.1, 0.15) is 0 Å². The van der Waals surface area contributed by atoms with Crippen LogP contribution in [0.3, 0.4) is 0 Å². The Morgan fingerprint density at radius 3 is 2.56 bits per heavy atom. The quantitative estimate of drug-likeness (QED) is 0.382. The summed E-state index contributed by atoms with van der Waals surface area (Å²) in [5, 5.41) is 11.2. The van der Waals surface area contributed by atoms with Gasteiger partial charge in [0.25, 0.3) is 0 Å². The second-order valence-electron chi connectivity index (χ2n) is 8.96. The predicted octanol–water partition coefficient (Wildman–Crippen LogP) is 5.40. The van der Waals surface area contributed by atoms with E-state index in [4.69, 9.17) is 0 Å². The number of piperidine rings is 1. The molecule has 3 rings (SSSR count).